The van der Waals surface area contributed by atoms with Gasteiger partial charge in [0.1, 0.15) is 0 Å². The van der Waals surface area contributed by atoms with E-state index in [0.717, 1.165) is 27.9 Å². The van der Waals surface area contributed by atoms with Gasteiger partial charge in [0.25, 0.3) is 0 Å². The Hall–Kier alpha value is -2.08. The van der Waals surface area contributed by atoms with Crippen molar-refractivity contribution in [2.24, 2.45) is 0 Å². The molecular weight excluding hydrogens is 272 g/mol. The summed E-state index contributed by atoms with van der Waals surface area (Å²) in [6.07, 6.45) is 1.20. The number of hydrogen-bond acceptors (Lipinski definition) is 3. The van der Waals surface area contributed by atoms with Gasteiger partial charge in [0.15, 0.2) is 0 Å². The van der Waals surface area contributed by atoms with Crippen molar-refractivity contribution in [3.05, 3.63) is 28.3 Å². The quantitative estimate of drug-likeness (QED) is 0.656. The first-order valence-electron chi connectivity index (χ1n) is 7.04. The first-order chi connectivity index (χ1) is 10.0. The summed E-state index contributed by atoms with van der Waals surface area (Å²) in [4.78, 5) is 22.1. The SMILES string of the molecule is Cc1c(CCO)c(CCNC(=O)O)cc2c1NC(=O)CC2. The van der Waals surface area contributed by atoms with Gasteiger partial charge in [-0.25, -0.2) is 4.79 Å². The second kappa shape index (κ2) is 6.58. The number of aliphatic hydroxyl groups is 1. The van der Waals surface area contributed by atoms with E-state index in [0.29, 0.717) is 32.2 Å². The Morgan fingerprint density at radius 3 is 2.81 bits per heavy atom. The lowest BCUT2D eigenvalue weighted by atomic mass is 9.89. The van der Waals surface area contributed by atoms with Gasteiger partial charge in [-0.05, 0) is 48.4 Å². The van der Waals surface area contributed by atoms with Crippen molar-refractivity contribution >= 4 is 17.7 Å². The maximum atomic E-state index is 11.5. The molecule has 1 aromatic rings. The number of carbonyl (C=O) groups is 2. The maximum Gasteiger partial charge on any atom is 0.404 e. The minimum Gasteiger partial charge on any atom is -0.465 e. The molecular formula is C15H20N2O4. The molecule has 0 aliphatic carbocycles. The summed E-state index contributed by atoms with van der Waals surface area (Å²) >= 11 is 0. The number of anilines is 1. The molecule has 4 N–H and O–H groups in total. The van der Waals surface area contributed by atoms with Crippen LogP contribution in [0.3, 0.4) is 0 Å². The highest BCUT2D eigenvalue weighted by molar-refractivity contribution is 5.95. The third-order valence-corrected chi connectivity index (χ3v) is 3.80. The number of rotatable bonds is 5. The van der Waals surface area contributed by atoms with Gasteiger partial charge < -0.3 is 20.8 Å². The van der Waals surface area contributed by atoms with E-state index in [2.05, 4.69) is 10.6 Å². The summed E-state index contributed by atoms with van der Waals surface area (Å²) in [5, 5.41) is 23.1. The molecule has 0 saturated heterocycles. The van der Waals surface area contributed by atoms with Gasteiger partial charge in [0, 0.05) is 25.3 Å². The molecule has 0 fully saturated rings. The van der Waals surface area contributed by atoms with E-state index in [1.807, 2.05) is 13.0 Å². The molecule has 0 radical (unpaired) electrons. The van der Waals surface area contributed by atoms with E-state index < -0.39 is 6.09 Å². The molecule has 0 spiro atoms. The minimum atomic E-state index is -1.04. The monoisotopic (exact) mass is 292 g/mol. The van der Waals surface area contributed by atoms with Crippen LogP contribution in [0.2, 0.25) is 0 Å². The lowest BCUT2D eigenvalue weighted by Gasteiger charge is -2.24. The van der Waals surface area contributed by atoms with E-state index in [1.54, 1.807) is 0 Å². The van der Waals surface area contributed by atoms with Crippen molar-refractivity contribution in [1.82, 2.24) is 5.32 Å². The van der Waals surface area contributed by atoms with Crippen LogP contribution in [0.4, 0.5) is 10.5 Å². The van der Waals surface area contributed by atoms with Crippen LogP contribution in [-0.2, 0) is 24.1 Å². The number of amides is 2. The smallest absolute Gasteiger partial charge is 0.404 e. The summed E-state index contributed by atoms with van der Waals surface area (Å²) < 4.78 is 0. The first kappa shape index (κ1) is 15.3. The van der Waals surface area contributed by atoms with Crippen LogP contribution in [0.25, 0.3) is 0 Å². The van der Waals surface area contributed by atoms with E-state index in [4.69, 9.17) is 5.11 Å². The van der Waals surface area contributed by atoms with Gasteiger partial charge in [-0.2, -0.15) is 0 Å². The number of carbonyl (C=O) groups excluding carboxylic acids is 1. The number of nitrogens with one attached hydrogen (secondary N) is 2. The Morgan fingerprint density at radius 2 is 2.14 bits per heavy atom. The second-order valence-corrected chi connectivity index (χ2v) is 5.18. The Labute approximate surface area is 123 Å². The van der Waals surface area contributed by atoms with Crippen LogP contribution in [0.15, 0.2) is 6.07 Å². The molecule has 6 nitrogen and oxygen atoms in total. The topological polar surface area (TPSA) is 98.7 Å². The first-order valence-corrected chi connectivity index (χ1v) is 7.04. The van der Waals surface area contributed by atoms with Crippen molar-refractivity contribution in [2.45, 2.75) is 32.6 Å². The number of aryl methyl sites for hydroxylation is 1. The van der Waals surface area contributed by atoms with Crippen LogP contribution in [0, 0.1) is 6.92 Å². The standard InChI is InChI=1S/C15H20N2O4/c1-9-12(5-7-18)10(4-6-16-15(20)21)8-11-2-3-13(19)17-14(9)11/h8,16,18H,2-7H2,1H3,(H,17,19)(H,20,21). The summed E-state index contributed by atoms with van der Waals surface area (Å²) in [5.74, 6) is 0.0147. The van der Waals surface area contributed by atoms with Gasteiger partial charge >= 0.3 is 6.09 Å². The lowest BCUT2D eigenvalue weighted by Crippen LogP contribution is -2.25. The van der Waals surface area contributed by atoms with Crippen molar-refractivity contribution in [2.75, 3.05) is 18.5 Å². The fraction of sp³-hybridized carbons (Fsp3) is 0.467. The molecule has 114 valence electrons. The zero-order valence-corrected chi connectivity index (χ0v) is 12.0. The average molecular weight is 292 g/mol. The predicted molar refractivity (Wildman–Crippen MR) is 78.7 cm³/mol. The van der Waals surface area contributed by atoms with Crippen molar-refractivity contribution < 1.29 is 19.8 Å². The van der Waals surface area contributed by atoms with Crippen molar-refractivity contribution in [3.8, 4) is 0 Å². The highest BCUT2D eigenvalue weighted by Crippen LogP contribution is 2.32. The molecule has 21 heavy (non-hydrogen) atoms. The largest absolute Gasteiger partial charge is 0.465 e. The number of aliphatic hydroxyl groups excluding tert-OH is 1. The van der Waals surface area contributed by atoms with Crippen molar-refractivity contribution in [1.29, 1.82) is 0 Å². The van der Waals surface area contributed by atoms with Crippen LogP contribution < -0.4 is 10.6 Å². The van der Waals surface area contributed by atoms with E-state index in [-0.39, 0.29) is 12.5 Å². The molecule has 0 bridgehead atoms. The maximum absolute atomic E-state index is 11.5. The number of hydrogen-bond donors (Lipinski definition) is 4. The predicted octanol–water partition coefficient (Wildman–Crippen LogP) is 1.22. The highest BCUT2D eigenvalue weighted by Gasteiger charge is 2.20. The van der Waals surface area contributed by atoms with E-state index in [9.17, 15) is 14.7 Å². The second-order valence-electron chi connectivity index (χ2n) is 5.18. The third-order valence-electron chi connectivity index (χ3n) is 3.80. The van der Waals surface area contributed by atoms with Gasteiger partial charge in [0.05, 0.1) is 0 Å². The third kappa shape index (κ3) is 3.52. The molecule has 0 saturated carbocycles. The van der Waals surface area contributed by atoms with E-state index >= 15 is 0 Å². The van der Waals surface area contributed by atoms with Gasteiger partial charge in [0.2, 0.25) is 5.91 Å². The Balaban J connectivity index is 2.32. The fourth-order valence-corrected chi connectivity index (χ4v) is 2.81. The van der Waals surface area contributed by atoms with Crippen LogP contribution in [0.5, 0.6) is 0 Å². The number of carboxylic acid groups (broad SMARTS) is 1. The fourth-order valence-electron chi connectivity index (χ4n) is 2.81. The Bertz CT molecular complexity index is 569. The Kier molecular flexibility index (Phi) is 4.80. The molecule has 0 atom stereocenters. The Morgan fingerprint density at radius 1 is 1.38 bits per heavy atom. The zero-order valence-electron chi connectivity index (χ0n) is 12.0. The molecule has 0 aromatic heterocycles. The molecule has 1 heterocycles. The molecule has 6 heteroatoms. The number of fused-ring (bicyclic) bond motifs is 1. The van der Waals surface area contributed by atoms with E-state index in [1.165, 1.54) is 0 Å². The normalized spacial score (nSPS) is 13.5. The number of benzene rings is 1. The van der Waals surface area contributed by atoms with Gasteiger partial charge in [-0.15, -0.1) is 0 Å². The lowest BCUT2D eigenvalue weighted by molar-refractivity contribution is -0.116. The van der Waals surface area contributed by atoms with Crippen LogP contribution in [0.1, 0.15) is 28.7 Å². The van der Waals surface area contributed by atoms with Crippen LogP contribution >= 0.6 is 0 Å². The van der Waals surface area contributed by atoms with Crippen molar-refractivity contribution in [3.63, 3.8) is 0 Å². The summed E-state index contributed by atoms with van der Waals surface area (Å²) in [6.45, 7) is 2.29. The van der Waals surface area contributed by atoms with Gasteiger partial charge in [-0.1, -0.05) is 6.07 Å². The summed E-state index contributed by atoms with van der Waals surface area (Å²) in [5.41, 5.74) is 4.93. The zero-order chi connectivity index (χ0) is 15.4. The molecule has 1 aliphatic heterocycles. The molecule has 0 unspecified atom stereocenters. The molecule has 2 rings (SSSR count). The minimum absolute atomic E-state index is 0.0147. The summed E-state index contributed by atoms with van der Waals surface area (Å²) in [7, 11) is 0. The highest BCUT2D eigenvalue weighted by atomic mass is 16.4. The average Bonchev–Trinajstić information content (AvgIpc) is 2.43. The van der Waals surface area contributed by atoms with Gasteiger partial charge in [-0.3, -0.25) is 4.79 Å². The summed E-state index contributed by atoms with van der Waals surface area (Å²) in [6, 6.07) is 2.02. The molecule has 2 amide bonds. The molecule has 1 aliphatic rings. The van der Waals surface area contributed by atoms with Crippen LogP contribution in [-0.4, -0.2) is 35.4 Å². The molecule has 1 aromatic carbocycles.